The number of anilines is 1. The minimum atomic E-state index is -0.384. The highest BCUT2D eigenvalue weighted by atomic mass is 35.5. The third-order valence-corrected chi connectivity index (χ3v) is 3.76. The summed E-state index contributed by atoms with van der Waals surface area (Å²) < 4.78 is 12.9. The molecular weight excluding hydrogens is 331 g/mol. The van der Waals surface area contributed by atoms with Crippen molar-refractivity contribution in [3.63, 3.8) is 0 Å². The molecule has 0 saturated heterocycles. The third-order valence-electron chi connectivity index (χ3n) is 3.43. The van der Waals surface area contributed by atoms with Crippen molar-refractivity contribution in [2.45, 2.75) is 19.9 Å². The zero-order valence-corrected chi connectivity index (χ0v) is 14.2. The summed E-state index contributed by atoms with van der Waals surface area (Å²) in [4.78, 5) is 26.3. The molecule has 126 valence electrons. The Balaban J connectivity index is 2.10. The monoisotopic (exact) mass is 348 g/mol. The first-order valence-electron chi connectivity index (χ1n) is 7.49. The van der Waals surface area contributed by atoms with Gasteiger partial charge in [0.2, 0.25) is 5.91 Å². The molecule has 0 radical (unpaired) electrons. The number of nitrogens with one attached hydrogen (secondary N) is 1. The van der Waals surface area contributed by atoms with Crippen LogP contribution < -0.4 is 5.32 Å². The van der Waals surface area contributed by atoms with Crippen LogP contribution >= 0.6 is 11.6 Å². The van der Waals surface area contributed by atoms with Crippen molar-refractivity contribution in [3.8, 4) is 0 Å². The van der Waals surface area contributed by atoms with E-state index in [1.54, 1.807) is 24.3 Å². The van der Waals surface area contributed by atoms with E-state index in [1.165, 1.54) is 29.2 Å². The molecular formula is C18H18ClFN2O2. The molecule has 0 aromatic heterocycles. The lowest BCUT2D eigenvalue weighted by Gasteiger charge is -2.26. The molecule has 0 aliphatic carbocycles. The second-order valence-electron chi connectivity index (χ2n) is 5.56. The quantitative estimate of drug-likeness (QED) is 0.888. The summed E-state index contributed by atoms with van der Waals surface area (Å²) in [6, 6.07) is 12.0. The lowest BCUT2D eigenvalue weighted by molar-refractivity contribution is -0.117. The standard InChI is InChI=1S/C18H18ClFN2O2/c1-12(2)22(18(24)15-5-3-4-6-16(15)19)11-17(23)21-14-9-7-13(20)8-10-14/h3-10,12H,11H2,1-2H3,(H,21,23). The molecule has 0 aliphatic rings. The lowest BCUT2D eigenvalue weighted by Crippen LogP contribution is -2.42. The average molecular weight is 349 g/mol. The minimum Gasteiger partial charge on any atom is -0.327 e. The van der Waals surface area contributed by atoms with Crippen LogP contribution in [0.4, 0.5) is 10.1 Å². The number of carbonyl (C=O) groups is 2. The Kier molecular flexibility index (Phi) is 5.93. The Labute approximate surface area is 145 Å². The number of amides is 2. The number of rotatable bonds is 5. The van der Waals surface area contributed by atoms with Gasteiger partial charge in [-0.05, 0) is 50.2 Å². The maximum Gasteiger partial charge on any atom is 0.256 e. The van der Waals surface area contributed by atoms with Gasteiger partial charge in [-0.3, -0.25) is 9.59 Å². The highest BCUT2D eigenvalue weighted by molar-refractivity contribution is 6.33. The fraction of sp³-hybridized carbons (Fsp3) is 0.222. The molecule has 2 aromatic carbocycles. The summed E-state index contributed by atoms with van der Waals surface area (Å²) in [6.07, 6.45) is 0. The van der Waals surface area contributed by atoms with Crippen LogP contribution in [0.15, 0.2) is 48.5 Å². The summed E-state index contributed by atoms with van der Waals surface area (Å²) in [7, 11) is 0. The van der Waals surface area contributed by atoms with Crippen LogP contribution in [0.3, 0.4) is 0 Å². The Morgan fingerprint density at radius 1 is 1.12 bits per heavy atom. The molecule has 0 spiro atoms. The largest absolute Gasteiger partial charge is 0.327 e. The minimum absolute atomic E-state index is 0.126. The van der Waals surface area contributed by atoms with Crippen LogP contribution in [0.1, 0.15) is 24.2 Å². The molecule has 0 unspecified atom stereocenters. The van der Waals surface area contributed by atoms with Crippen LogP contribution in [0.2, 0.25) is 5.02 Å². The Hall–Kier alpha value is -2.40. The maximum atomic E-state index is 12.9. The second-order valence-corrected chi connectivity index (χ2v) is 5.97. The predicted molar refractivity (Wildman–Crippen MR) is 92.7 cm³/mol. The lowest BCUT2D eigenvalue weighted by atomic mass is 10.1. The smallest absolute Gasteiger partial charge is 0.256 e. The van der Waals surface area contributed by atoms with Crippen LogP contribution in [0.5, 0.6) is 0 Å². The Morgan fingerprint density at radius 2 is 1.75 bits per heavy atom. The molecule has 2 amide bonds. The molecule has 24 heavy (non-hydrogen) atoms. The fourth-order valence-electron chi connectivity index (χ4n) is 2.17. The summed E-state index contributed by atoms with van der Waals surface area (Å²) in [5.41, 5.74) is 0.817. The van der Waals surface area contributed by atoms with Gasteiger partial charge in [-0.25, -0.2) is 4.39 Å². The predicted octanol–water partition coefficient (Wildman–Crippen LogP) is 3.97. The van der Waals surface area contributed by atoms with Crippen molar-refractivity contribution in [3.05, 3.63) is 64.9 Å². The van der Waals surface area contributed by atoms with Crippen LogP contribution in [0.25, 0.3) is 0 Å². The molecule has 1 N–H and O–H groups in total. The fourth-order valence-corrected chi connectivity index (χ4v) is 2.38. The van der Waals surface area contributed by atoms with Crippen molar-refractivity contribution in [2.24, 2.45) is 0 Å². The molecule has 0 aliphatic heterocycles. The maximum absolute atomic E-state index is 12.9. The molecule has 0 bridgehead atoms. The normalized spacial score (nSPS) is 10.5. The van der Waals surface area contributed by atoms with E-state index in [9.17, 15) is 14.0 Å². The van der Waals surface area contributed by atoms with E-state index in [0.717, 1.165) is 0 Å². The summed E-state index contributed by atoms with van der Waals surface area (Å²) in [6.45, 7) is 3.51. The van der Waals surface area contributed by atoms with Crippen LogP contribution in [0, 0.1) is 5.82 Å². The van der Waals surface area contributed by atoms with Gasteiger partial charge in [0.1, 0.15) is 12.4 Å². The molecule has 6 heteroatoms. The van der Waals surface area contributed by atoms with E-state index in [1.807, 2.05) is 13.8 Å². The van der Waals surface area contributed by atoms with Gasteiger partial charge in [-0.15, -0.1) is 0 Å². The highest BCUT2D eigenvalue weighted by Crippen LogP contribution is 2.18. The van der Waals surface area contributed by atoms with E-state index in [0.29, 0.717) is 16.3 Å². The molecule has 0 fully saturated rings. The molecule has 2 aromatic rings. The van der Waals surface area contributed by atoms with Crippen LogP contribution in [-0.4, -0.2) is 29.3 Å². The van der Waals surface area contributed by atoms with E-state index >= 15 is 0 Å². The van der Waals surface area contributed by atoms with E-state index in [4.69, 9.17) is 11.6 Å². The van der Waals surface area contributed by atoms with E-state index in [-0.39, 0.29) is 30.2 Å². The van der Waals surface area contributed by atoms with Gasteiger partial charge in [0.05, 0.1) is 10.6 Å². The van der Waals surface area contributed by atoms with Gasteiger partial charge in [-0.1, -0.05) is 23.7 Å². The topological polar surface area (TPSA) is 49.4 Å². The van der Waals surface area contributed by atoms with Crippen LogP contribution in [-0.2, 0) is 4.79 Å². The second kappa shape index (κ2) is 7.93. The number of nitrogens with zero attached hydrogens (tertiary/aromatic N) is 1. The highest BCUT2D eigenvalue weighted by Gasteiger charge is 2.23. The summed E-state index contributed by atoms with van der Waals surface area (Å²) in [5.74, 6) is -1.06. The number of hydrogen-bond donors (Lipinski definition) is 1. The average Bonchev–Trinajstić information content (AvgIpc) is 2.54. The van der Waals surface area contributed by atoms with Crippen molar-refractivity contribution in [1.29, 1.82) is 0 Å². The van der Waals surface area contributed by atoms with Crippen molar-refractivity contribution in [1.82, 2.24) is 4.90 Å². The number of halogens is 2. The molecule has 0 atom stereocenters. The number of benzene rings is 2. The summed E-state index contributed by atoms with van der Waals surface area (Å²) in [5, 5.41) is 2.98. The SMILES string of the molecule is CC(C)N(CC(=O)Nc1ccc(F)cc1)C(=O)c1ccccc1Cl. The van der Waals surface area contributed by atoms with Crippen molar-refractivity contribution in [2.75, 3.05) is 11.9 Å². The molecule has 2 rings (SSSR count). The Bertz CT molecular complexity index is 732. The van der Waals surface area contributed by atoms with E-state index < -0.39 is 0 Å². The zero-order valence-electron chi connectivity index (χ0n) is 13.4. The van der Waals surface area contributed by atoms with Gasteiger partial charge in [-0.2, -0.15) is 0 Å². The van der Waals surface area contributed by atoms with Crippen molar-refractivity contribution < 1.29 is 14.0 Å². The molecule has 4 nitrogen and oxygen atoms in total. The summed E-state index contributed by atoms with van der Waals surface area (Å²) >= 11 is 6.07. The number of hydrogen-bond acceptors (Lipinski definition) is 2. The first-order chi connectivity index (χ1) is 11.4. The van der Waals surface area contributed by atoms with Gasteiger partial charge >= 0.3 is 0 Å². The van der Waals surface area contributed by atoms with Gasteiger partial charge < -0.3 is 10.2 Å². The van der Waals surface area contributed by atoms with Gasteiger partial charge in [0.15, 0.2) is 0 Å². The van der Waals surface area contributed by atoms with Gasteiger partial charge in [0, 0.05) is 11.7 Å². The first kappa shape index (κ1) is 17.9. The van der Waals surface area contributed by atoms with Crippen molar-refractivity contribution >= 4 is 29.1 Å². The Morgan fingerprint density at radius 3 is 2.33 bits per heavy atom. The van der Waals surface area contributed by atoms with E-state index in [2.05, 4.69) is 5.32 Å². The first-order valence-corrected chi connectivity index (χ1v) is 7.87. The number of carbonyl (C=O) groups excluding carboxylic acids is 2. The zero-order chi connectivity index (χ0) is 17.7. The van der Waals surface area contributed by atoms with Gasteiger partial charge in [0.25, 0.3) is 5.91 Å². The molecule has 0 heterocycles. The molecule has 0 saturated carbocycles. The third kappa shape index (κ3) is 4.55.